The highest BCUT2D eigenvalue weighted by molar-refractivity contribution is 6.08. The summed E-state index contributed by atoms with van der Waals surface area (Å²) < 4.78 is 23.2. The highest BCUT2D eigenvalue weighted by Crippen LogP contribution is 2.41. The molecular formula is C46H60N4O9. The molecule has 4 atom stereocenters. The molecule has 2 aromatic carbocycles. The summed E-state index contributed by atoms with van der Waals surface area (Å²) >= 11 is 0. The van der Waals surface area contributed by atoms with Crippen LogP contribution in [0.15, 0.2) is 66.2 Å². The molecule has 3 N–H and O–H groups in total. The van der Waals surface area contributed by atoms with Gasteiger partial charge in [-0.2, -0.15) is 0 Å². The molecule has 1 aromatic heterocycles. The number of carbonyl (C=O) groups is 5. The Morgan fingerprint density at radius 1 is 0.898 bits per heavy atom. The van der Waals surface area contributed by atoms with Crippen LogP contribution in [0.2, 0.25) is 0 Å². The molecule has 2 aliphatic carbocycles. The first kappa shape index (κ1) is 44.6. The predicted octanol–water partition coefficient (Wildman–Crippen LogP) is 6.75. The number of hydrogen-bond acceptors (Lipinski definition) is 10. The Morgan fingerprint density at radius 3 is 2.24 bits per heavy atom. The zero-order valence-electron chi connectivity index (χ0n) is 35.6. The normalized spacial score (nSPS) is 18.6. The molecule has 13 heteroatoms. The third kappa shape index (κ3) is 10.8. The van der Waals surface area contributed by atoms with Crippen LogP contribution in [-0.4, -0.2) is 78.2 Å². The van der Waals surface area contributed by atoms with Gasteiger partial charge < -0.3 is 34.9 Å². The smallest absolute Gasteiger partial charge is 0.329 e. The fourth-order valence-electron chi connectivity index (χ4n) is 7.86. The van der Waals surface area contributed by atoms with Crippen LogP contribution >= 0.6 is 0 Å². The largest absolute Gasteiger partial charge is 0.497 e. The van der Waals surface area contributed by atoms with E-state index in [1.807, 2.05) is 37.3 Å². The second-order valence-corrected chi connectivity index (χ2v) is 16.8. The number of aromatic nitrogens is 1. The van der Waals surface area contributed by atoms with Crippen molar-refractivity contribution in [1.29, 1.82) is 0 Å². The molecule has 3 amide bonds. The standard InChI is InChI=1S/C46H60N4O9/c1-9-17-34(42(53)59-45(4,5)6)48-44(55)46(58-37-27-35(29-18-12-10-13-19-29)47-36-26-31(56-7)23-24-32(36)37)25-16-22-33(46)40(51)49-38(28(2)3)41(52)50-39(43(54)57-8)30-20-14-11-15-21-30/h10,12-13,18-19,22-24,26-28,30,34,38-39H,9,11,14-17,20-21,25H2,1-8H3,(H,48,55)(H,49,51)(H,50,52)/t34-,38-,39-,46+/m0/s1. The van der Waals surface area contributed by atoms with Gasteiger partial charge in [-0.05, 0) is 70.4 Å². The fraction of sp³-hybridized carbons (Fsp3) is 0.522. The Kier molecular flexibility index (Phi) is 14.8. The van der Waals surface area contributed by atoms with Gasteiger partial charge in [-0.1, -0.05) is 82.9 Å². The van der Waals surface area contributed by atoms with Crippen LogP contribution in [0, 0.1) is 11.8 Å². The highest BCUT2D eigenvalue weighted by Gasteiger charge is 2.52. The van der Waals surface area contributed by atoms with E-state index in [0.29, 0.717) is 28.8 Å². The van der Waals surface area contributed by atoms with Gasteiger partial charge in [0.15, 0.2) is 0 Å². The number of hydrogen-bond donors (Lipinski definition) is 3. The molecule has 1 heterocycles. The van der Waals surface area contributed by atoms with Crippen molar-refractivity contribution in [2.24, 2.45) is 11.8 Å². The molecule has 13 nitrogen and oxygen atoms in total. The lowest BCUT2D eigenvalue weighted by molar-refractivity contribution is -0.160. The average Bonchev–Trinajstić information content (AvgIpc) is 3.65. The maximum Gasteiger partial charge on any atom is 0.329 e. The summed E-state index contributed by atoms with van der Waals surface area (Å²) in [6, 6.07) is 13.5. The van der Waals surface area contributed by atoms with Crippen LogP contribution in [0.25, 0.3) is 22.2 Å². The van der Waals surface area contributed by atoms with Crippen molar-refractivity contribution in [3.63, 3.8) is 0 Å². The van der Waals surface area contributed by atoms with Crippen LogP contribution in [0.3, 0.4) is 0 Å². The highest BCUT2D eigenvalue weighted by atomic mass is 16.6. The van der Waals surface area contributed by atoms with E-state index in [1.54, 1.807) is 72.1 Å². The molecular weight excluding hydrogens is 753 g/mol. The number of allylic oxidation sites excluding steroid dienone is 1. The van der Waals surface area contributed by atoms with Crippen molar-refractivity contribution >= 4 is 40.6 Å². The van der Waals surface area contributed by atoms with Crippen molar-refractivity contribution in [1.82, 2.24) is 20.9 Å². The van der Waals surface area contributed by atoms with E-state index < -0.39 is 64.9 Å². The van der Waals surface area contributed by atoms with Gasteiger partial charge in [0.25, 0.3) is 11.8 Å². The quantitative estimate of drug-likeness (QED) is 0.131. The van der Waals surface area contributed by atoms with Gasteiger partial charge in [-0.3, -0.25) is 14.4 Å². The van der Waals surface area contributed by atoms with Crippen molar-refractivity contribution in [3.8, 4) is 22.8 Å². The number of pyridine rings is 1. The number of amides is 3. The molecule has 0 bridgehead atoms. The maximum atomic E-state index is 15.0. The summed E-state index contributed by atoms with van der Waals surface area (Å²) in [4.78, 5) is 75.1. The molecule has 2 aliphatic rings. The third-order valence-corrected chi connectivity index (χ3v) is 10.9. The Labute approximate surface area is 347 Å². The molecule has 5 rings (SSSR count). The van der Waals surface area contributed by atoms with E-state index in [4.69, 9.17) is 23.9 Å². The summed E-state index contributed by atoms with van der Waals surface area (Å²) in [7, 11) is 2.85. The number of rotatable bonds is 16. The average molecular weight is 813 g/mol. The van der Waals surface area contributed by atoms with Crippen LogP contribution in [0.4, 0.5) is 0 Å². The summed E-state index contributed by atoms with van der Waals surface area (Å²) in [5, 5.41) is 9.23. The first-order valence-electron chi connectivity index (χ1n) is 20.8. The van der Waals surface area contributed by atoms with Gasteiger partial charge in [-0.15, -0.1) is 0 Å². The minimum Gasteiger partial charge on any atom is -0.497 e. The minimum absolute atomic E-state index is 0.0237. The van der Waals surface area contributed by atoms with Crippen LogP contribution in [-0.2, 0) is 33.4 Å². The lowest BCUT2D eigenvalue weighted by Gasteiger charge is -2.35. The monoisotopic (exact) mass is 812 g/mol. The number of esters is 2. The van der Waals surface area contributed by atoms with Gasteiger partial charge in [0.2, 0.25) is 11.5 Å². The van der Waals surface area contributed by atoms with Gasteiger partial charge in [0.05, 0.1) is 31.0 Å². The van der Waals surface area contributed by atoms with Gasteiger partial charge >= 0.3 is 11.9 Å². The van der Waals surface area contributed by atoms with Crippen molar-refractivity contribution < 1.29 is 42.9 Å². The zero-order chi connectivity index (χ0) is 42.9. The van der Waals surface area contributed by atoms with E-state index in [2.05, 4.69) is 16.0 Å². The molecule has 1 fully saturated rings. The van der Waals surface area contributed by atoms with Crippen LogP contribution < -0.4 is 25.4 Å². The number of ether oxygens (including phenoxy) is 4. The maximum absolute atomic E-state index is 15.0. The third-order valence-electron chi connectivity index (χ3n) is 10.9. The van der Waals surface area contributed by atoms with Crippen molar-refractivity contribution in [2.75, 3.05) is 14.2 Å². The number of carbonyl (C=O) groups excluding carboxylic acids is 5. The Balaban J connectivity index is 1.57. The fourth-order valence-corrected chi connectivity index (χ4v) is 7.86. The summed E-state index contributed by atoms with van der Waals surface area (Å²) in [5.41, 5.74) is -0.938. The van der Waals surface area contributed by atoms with Crippen LogP contribution in [0.5, 0.6) is 11.5 Å². The SMILES string of the molecule is CCC[C@H](NC(=O)[C@@]1(Oc2cc(-c3ccccc3)nc3cc(OC)ccc23)CCC=C1C(=O)N[C@H](C(=O)N[C@H](C(=O)OC)C1CCCCC1)C(C)C)C(=O)OC(C)(C)C. The molecule has 318 valence electrons. The number of methoxy groups -OCH3 is 2. The lowest BCUT2D eigenvalue weighted by atomic mass is 9.83. The summed E-state index contributed by atoms with van der Waals surface area (Å²) in [5.74, 6) is -2.79. The minimum atomic E-state index is -1.96. The lowest BCUT2D eigenvalue weighted by Crippen LogP contribution is -2.60. The second-order valence-electron chi connectivity index (χ2n) is 16.8. The van der Waals surface area contributed by atoms with E-state index in [9.17, 15) is 24.0 Å². The van der Waals surface area contributed by atoms with E-state index in [0.717, 1.165) is 37.7 Å². The zero-order valence-corrected chi connectivity index (χ0v) is 35.6. The second kappa shape index (κ2) is 19.5. The van der Waals surface area contributed by atoms with E-state index >= 15 is 0 Å². The number of fused-ring (bicyclic) bond motifs is 1. The Hall–Kier alpha value is -5.46. The first-order chi connectivity index (χ1) is 28.1. The predicted molar refractivity (Wildman–Crippen MR) is 224 cm³/mol. The molecule has 1 saturated carbocycles. The van der Waals surface area contributed by atoms with Gasteiger partial charge in [0.1, 0.15) is 35.2 Å². The first-order valence-corrected chi connectivity index (χ1v) is 20.8. The van der Waals surface area contributed by atoms with Crippen molar-refractivity contribution in [3.05, 3.63) is 66.2 Å². The van der Waals surface area contributed by atoms with E-state index in [-0.39, 0.29) is 36.5 Å². The summed E-state index contributed by atoms with van der Waals surface area (Å²) in [6.45, 7) is 10.7. The molecule has 3 aromatic rings. The molecule has 0 spiro atoms. The Bertz CT molecular complexity index is 2020. The molecule has 0 unspecified atom stereocenters. The molecule has 0 saturated heterocycles. The Morgan fingerprint density at radius 2 is 1.61 bits per heavy atom. The van der Waals surface area contributed by atoms with Crippen LogP contribution in [0.1, 0.15) is 99.3 Å². The number of nitrogens with one attached hydrogen (secondary N) is 3. The van der Waals surface area contributed by atoms with Gasteiger partial charge in [-0.25, -0.2) is 14.6 Å². The summed E-state index contributed by atoms with van der Waals surface area (Å²) in [6.07, 6.45) is 7.26. The molecule has 0 aliphatic heterocycles. The molecule has 0 radical (unpaired) electrons. The van der Waals surface area contributed by atoms with Gasteiger partial charge in [0, 0.05) is 29.5 Å². The van der Waals surface area contributed by atoms with Crippen molar-refractivity contribution in [2.45, 2.75) is 129 Å². The topological polar surface area (TPSA) is 171 Å². The molecule has 59 heavy (non-hydrogen) atoms. The number of nitrogens with zero attached hydrogens (tertiary/aromatic N) is 1. The van der Waals surface area contributed by atoms with E-state index in [1.165, 1.54) is 7.11 Å². The number of benzene rings is 2.